The first-order valence-corrected chi connectivity index (χ1v) is 9.52. The van der Waals surface area contributed by atoms with E-state index in [-0.39, 0.29) is 23.7 Å². The van der Waals surface area contributed by atoms with Crippen molar-refractivity contribution in [1.82, 2.24) is 14.7 Å². The average Bonchev–Trinajstić information content (AvgIpc) is 2.71. The number of carbonyl (C=O) groups is 1. The predicted octanol–water partition coefficient (Wildman–Crippen LogP) is 3.44. The van der Waals surface area contributed by atoms with Gasteiger partial charge in [-0.3, -0.25) is 14.3 Å². The van der Waals surface area contributed by atoms with E-state index >= 15 is 0 Å². The van der Waals surface area contributed by atoms with Gasteiger partial charge in [-0.05, 0) is 25.0 Å². The van der Waals surface area contributed by atoms with E-state index in [9.17, 15) is 14.7 Å². The molecule has 1 aromatic carbocycles. The van der Waals surface area contributed by atoms with Gasteiger partial charge < -0.3 is 10.0 Å². The van der Waals surface area contributed by atoms with Crippen molar-refractivity contribution in [2.75, 3.05) is 6.54 Å². The highest BCUT2D eigenvalue weighted by Crippen LogP contribution is 2.40. The molecule has 0 saturated heterocycles. The zero-order chi connectivity index (χ0) is 21.1. The van der Waals surface area contributed by atoms with E-state index in [1.54, 1.807) is 17.1 Å². The molecule has 3 rings (SSSR count). The molecule has 0 radical (unpaired) electrons. The van der Waals surface area contributed by atoms with Crippen LogP contribution in [-0.2, 0) is 0 Å². The van der Waals surface area contributed by atoms with Crippen LogP contribution < -0.4 is 5.43 Å². The van der Waals surface area contributed by atoms with E-state index in [0.29, 0.717) is 6.54 Å². The largest absolute Gasteiger partial charge is 0.502 e. The van der Waals surface area contributed by atoms with Crippen LogP contribution in [0.4, 0.5) is 0 Å². The number of hydrogen-bond acceptors (Lipinski definition) is 4. The van der Waals surface area contributed by atoms with Crippen LogP contribution in [0, 0.1) is 0 Å². The molecule has 2 atom stereocenters. The number of aromatic nitrogens is 2. The third-order valence-electron chi connectivity index (χ3n) is 5.22. The maximum atomic E-state index is 13.0. The first-order valence-electron chi connectivity index (χ1n) is 9.52. The van der Waals surface area contributed by atoms with Crippen molar-refractivity contribution in [2.45, 2.75) is 31.8 Å². The van der Waals surface area contributed by atoms with Crippen molar-refractivity contribution in [1.29, 1.82) is 0 Å². The quantitative estimate of drug-likeness (QED) is 0.766. The number of rotatable bonds is 6. The maximum absolute atomic E-state index is 13.0. The summed E-state index contributed by atoms with van der Waals surface area (Å²) in [4.78, 5) is 26.7. The molecule has 2 unspecified atom stereocenters. The van der Waals surface area contributed by atoms with Crippen molar-refractivity contribution in [3.8, 4) is 5.75 Å². The summed E-state index contributed by atoms with van der Waals surface area (Å²) in [6.07, 6.45) is 6.38. The van der Waals surface area contributed by atoms with Gasteiger partial charge in [0.1, 0.15) is 0 Å². The van der Waals surface area contributed by atoms with Crippen LogP contribution >= 0.6 is 0 Å². The third-order valence-corrected chi connectivity index (χ3v) is 5.22. The van der Waals surface area contributed by atoms with Gasteiger partial charge in [-0.25, -0.2) is 0 Å². The van der Waals surface area contributed by atoms with Crippen LogP contribution in [0.5, 0.6) is 5.75 Å². The molecule has 6 heteroatoms. The number of amides is 1. The minimum Gasteiger partial charge on any atom is -0.502 e. The van der Waals surface area contributed by atoms with Gasteiger partial charge in [-0.2, -0.15) is 5.10 Å². The smallest absolute Gasteiger partial charge is 0.276 e. The number of benzene rings is 1. The molecule has 6 nitrogen and oxygen atoms in total. The summed E-state index contributed by atoms with van der Waals surface area (Å²) in [5.74, 6) is -1.19. The van der Waals surface area contributed by atoms with Crippen LogP contribution in [-0.4, -0.2) is 38.3 Å². The second kappa shape index (κ2) is 8.31. The van der Waals surface area contributed by atoms with Crippen LogP contribution in [0.15, 0.2) is 78.3 Å². The summed E-state index contributed by atoms with van der Waals surface area (Å²) in [5.41, 5.74) is 1.16. The molecule has 29 heavy (non-hydrogen) atoms. The molecular formula is C23H25N3O3. The van der Waals surface area contributed by atoms with Gasteiger partial charge >= 0.3 is 0 Å². The zero-order valence-electron chi connectivity index (χ0n) is 16.7. The van der Waals surface area contributed by atoms with Gasteiger partial charge in [0.25, 0.3) is 5.91 Å². The van der Waals surface area contributed by atoms with Crippen LogP contribution in [0.3, 0.4) is 0 Å². The molecule has 0 aliphatic carbocycles. The van der Waals surface area contributed by atoms with Gasteiger partial charge in [0.2, 0.25) is 5.43 Å². The Hall–Kier alpha value is -3.41. The number of hydrogen-bond donors (Lipinski definition) is 1. The van der Waals surface area contributed by atoms with Crippen LogP contribution in [0.1, 0.15) is 41.9 Å². The van der Waals surface area contributed by atoms with Gasteiger partial charge in [-0.1, -0.05) is 61.7 Å². The van der Waals surface area contributed by atoms with Crippen LogP contribution in [0.2, 0.25) is 0 Å². The van der Waals surface area contributed by atoms with Crippen molar-refractivity contribution >= 4 is 5.91 Å². The molecule has 1 aliphatic heterocycles. The summed E-state index contributed by atoms with van der Waals surface area (Å²) in [6, 6.07) is 9.38. The molecule has 1 N–H and O–H groups in total. The van der Waals surface area contributed by atoms with Crippen molar-refractivity contribution < 1.29 is 9.90 Å². The Kier molecular flexibility index (Phi) is 5.82. The molecule has 1 aliphatic rings. The molecule has 0 bridgehead atoms. The van der Waals surface area contributed by atoms with E-state index < -0.39 is 17.1 Å². The predicted molar refractivity (Wildman–Crippen MR) is 113 cm³/mol. The van der Waals surface area contributed by atoms with Gasteiger partial charge in [-0.15, -0.1) is 0 Å². The number of fused-ring (bicyclic) bond motifs is 1. The summed E-state index contributed by atoms with van der Waals surface area (Å²) in [7, 11) is 0. The number of aromatic hydroxyl groups is 1. The molecule has 1 amide bonds. The SMILES string of the molecule is C=C/C=C(\C=C)C(c1ccccc1)C1CN(C(C)C)C(=O)c2c(O)c(=O)cnn21. The minimum atomic E-state index is -0.671. The zero-order valence-corrected chi connectivity index (χ0v) is 16.7. The Morgan fingerprint density at radius 3 is 2.52 bits per heavy atom. The van der Waals surface area contributed by atoms with E-state index in [0.717, 1.165) is 17.3 Å². The standard InChI is InChI=1S/C23H25N3O3/c1-5-10-16(6-2)20(17-11-8-7-9-12-17)18-14-25(15(3)4)23(29)21-22(28)19(27)13-24-26(18)21/h5-13,15,18,20,28H,1-2,14H2,3-4H3/b16-10+. The monoisotopic (exact) mass is 391 g/mol. The lowest BCUT2D eigenvalue weighted by molar-refractivity contribution is 0.0570. The summed E-state index contributed by atoms with van der Waals surface area (Å²) < 4.78 is 1.48. The Morgan fingerprint density at radius 1 is 1.24 bits per heavy atom. The Balaban J connectivity index is 2.29. The summed E-state index contributed by atoms with van der Waals surface area (Å²) in [6.45, 7) is 11.9. The van der Waals surface area contributed by atoms with E-state index in [2.05, 4.69) is 18.3 Å². The van der Waals surface area contributed by atoms with Crippen molar-refractivity contribution in [3.63, 3.8) is 0 Å². The molecule has 2 aromatic rings. The van der Waals surface area contributed by atoms with Gasteiger partial charge in [0.05, 0.1) is 12.2 Å². The first kappa shape index (κ1) is 20.3. The number of allylic oxidation sites excluding steroid dienone is 4. The second-order valence-electron chi connectivity index (χ2n) is 7.26. The topological polar surface area (TPSA) is 75.4 Å². The first-order chi connectivity index (χ1) is 13.9. The lowest BCUT2D eigenvalue weighted by Crippen LogP contribution is -2.49. The van der Waals surface area contributed by atoms with Crippen LogP contribution in [0.25, 0.3) is 0 Å². The summed E-state index contributed by atoms with van der Waals surface area (Å²) >= 11 is 0. The molecule has 0 spiro atoms. The fourth-order valence-electron chi connectivity index (χ4n) is 3.83. The van der Waals surface area contributed by atoms with Gasteiger partial charge in [0, 0.05) is 18.5 Å². The molecule has 2 heterocycles. The number of carbonyl (C=O) groups excluding carboxylic acids is 1. The Labute approximate surface area is 170 Å². The Morgan fingerprint density at radius 2 is 1.93 bits per heavy atom. The Bertz CT molecular complexity index is 1020. The highest BCUT2D eigenvalue weighted by Gasteiger charge is 2.40. The molecule has 0 fully saturated rings. The van der Waals surface area contributed by atoms with Crippen molar-refractivity contribution in [2.24, 2.45) is 0 Å². The normalized spacial score (nSPS) is 17.8. The maximum Gasteiger partial charge on any atom is 0.276 e. The summed E-state index contributed by atoms with van der Waals surface area (Å²) in [5, 5.41) is 14.6. The molecular weight excluding hydrogens is 366 g/mol. The molecule has 150 valence electrons. The molecule has 1 aromatic heterocycles. The van der Waals surface area contributed by atoms with E-state index in [1.807, 2.05) is 50.3 Å². The number of nitrogens with zero attached hydrogens (tertiary/aromatic N) is 3. The fourth-order valence-corrected chi connectivity index (χ4v) is 3.83. The minimum absolute atomic E-state index is 0.0783. The average molecular weight is 391 g/mol. The highest BCUT2D eigenvalue weighted by molar-refractivity contribution is 5.96. The van der Waals surface area contributed by atoms with Crippen molar-refractivity contribution in [3.05, 3.63) is 95.0 Å². The van der Waals surface area contributed by atoms with Gasteiger partial charge in [0.15, 0.2) is 11.4 Å². The van der Waals surface area contributed by atoms with E-state index in [4.69, 9.17) is 0 Å². The van der Waals surface area contributed by atoms with E-state index in [1.165, 1.54) is 4.68 Å². The molecule has 0 saturated carbocycles. The highest BCUT2D eigenvalue weighted by atomic mass is 16.3. The lowest BCUT2D eigenvalue weighted by Gasteiger charge is -2.41. The second-order valence-corrected chi connectivity index (χ2v) is 7.26. The lowest BCUT2D eigenvalue weighted by atomic mass is 9.83. The fraction of sp³-hybridized carbons (Fsp3) is 0.261. The third kappa shape index (κ3) is 3.66.